The number of aromatic hydroxyl groups is 1. The molecule has 62 valence electrons. The van der Waals surface area contributed by atoms with Gasteiger partial charge in [0.15, 0.2) is 4.98 Å². The van der Waals surface area contributed by atoms with Crippen LogP contribution in [0.2, 0.25) is 0 Å². The molecule has 13 heavy (non-hydrogen) atoms. The second-order valence-electron chi connectivity index (χ2n) is 2.75. The maximum Gasteiger partial charge on any atom is 0.426 e. The van der Waals surface area contributed by atoms with E-state index >= 15 is 0 Å². The fourth-order valence-corrected chi connectivity index (χ4v) is 1.32. The molecule has 0 aliphatic carbocycles. The van der Waals surface area contributed by atoms with Crippen LogP contribution in [0.25, 0.3) is 15.7 Å². The zero-order valence-corrected chi connectivity index (χ0v) is 6.81. The summed E-state index contributed by atoms with van der Waals surface area (Å²) >= 11 is 0. The van der Waals surface area contributed by atoms with Gasteiger partial charge in [0.05, 0.1) is 0 Å². The summed E-state index contributed by atoms with van der Waals surface area (Å²) in [5.74, 6) is 0.0144. The second-order valence-corrected chi connectivity index (χ2v) is 2.75. The van der Waals surface area contributed by atoms with Crippen molar-refractivity contribution in [2.24, 2.45) is 0 Å². The van der Waals surface area contributed by atoms with Crippen molar-refractivity contribution in [3.05, 3.63) is 41.4 Å². The van der Waals surface area contributed by atoms with Crippen molar-refractivity contribution in [1.82, 2.24) is 0 Å². The fraction of sp³-hybridized carbons (Fsp3) is 0. The lowest BCUT2D eigenvalue weighted by atomic mass is 10.1. The minimum atomic E-state index is 0.0144. The van der Waals surface area contributed by atoms with Crippen molar-refractivity contribution in [2.75, 3.05) is 0 Å². The topological polar surface area (TPSA) is 48.4 Å². The van der Waals surface area contributed by atoms with Crippen LogP contribution in [-0.4, -0.2) is 5.11 Å². The number of fused-ring (bicyclic) bond motifs is 1. The molecule has 0 bridgehead atoms. The molecular weight excluding hydrogens is 164 g/mol. The summed E-state index contributed by atoms with van der Waals surface area (Å²) in [4.78, 5) is 2.97. The zero-order valence-electron chi connectivity index (χ0n) is 6.81. The Morgan fingerprint density at radius 1 is 1.08 bits per heavy atom. The molecule has 1 N–H and O–H groups in total. The number of phenolic OH excluding ortho intramolecular Hbond substituents is 1. The van der Waals surface area contributed by atoms with E-state index in [1.165, 1.54) is 0 Å². The van der Waals surface area contributed by atoms with E-state index in [1.807, 2.05) is 18.2 Å². The van der Waals surface area contributed by atoms with Crippen molar-refractivity contribution in [2.45, 2.75) is 0 Å². The molecule has 0 saturated carbocycles. The molecule has 3 heteroatoms. The predicted octanol–water partition coefficient (Wildman–Crippen LogP) is 3.03. The smallest absolute Gasteiger partial charge is 0.426 e. The third-order valence-corrected chi connectivity index (χ3v) is 1.99. The lowest BCUT2D eigenvalue weighted by molar-refractivity contribution is 0.484. The Bertz CT molecular complexity index is 500. The largest absolute Gasteiger partial charge is 0.501 e. The van der Waals surface area contributed by atoms with Gasteiger partial charge in [0, 0.05) is 11.5 Å². The number of rotatable bonds is 0. The van der Waals surface area contributed by atoms with Crippen LogP contribution >= 0.6 is 0 Å². The molecule has 0 saturated heterocycles. The Hall–Kier alpha value is -2.08. The van der Waals surface area contributed by atoms with Gasteiger partial charge in [0.25, 0.3) is 0 Å². The molecule has 0 heterocycles. The zero-order chi connectivity index (χ0) is 9.26. The first-order chi connectivity index (χ1) is 6.33. The first kappa shape index (κ1) is 7.56. The average Bonchev–Trinajstić information content (AvgIpc) is 2.19. The Morgan fingerprint density at radius 2 is 1.85 bits per heavy atom. The molecular formula is C10H7N2O+. The Kier molecular flexibility index (Phi) is 1.60. The van der Waals surface area contributed by atoms with Crippen LogP contribution in [0.15, 0.2) is 36.4 Å². The van der Waals surface area contributed by atoms with E-state index in [2.05, 4.69) is 4.98 Å². The van der Waals surface area contributed by atoms with Gasteiger partial charge in [-0.15, -0.1) is 0 Å². The quantitative estimate of drug-likeness (QED) is 0.619. The van der Waals surface area contributed by atoms with Crippen LogP contribution in [0.4, 0.5) is 5.69 Å². The molecule has 0 aliphatic heterocycles. The molecule has 2 aromatic carbocycles. The number of phenols is 1. The third-order valence-electron chi connectivity index (χ3n) is 1.99. The maximum absolute atomic E-state index is 9.60. The van der Waals surface area contributed by atoms with Crippen molar-refractivity contribution in [1.29, 1.82) is 5.39 Å². The molecule has 2 rings (SSSR count). The first-order valence-corrected chi connectivity index (χ1v) is 3.89. The van der Waals surface area contributed by atoms with Gasteiger partial charge in [-0.2, -0.15) is 0 Å². The van der Waals surface area contributed by atoms with E-state index < -0.39 is 0 Å². The molecule has 0 spiro atoms. The number of hydrogen-bond acceptors (Lipinski definition) is 2. The molecule has 0 aliphatic rings. The van der Waals surface area contributed by atoms with E-state index in [1.54, 1.807) is 18.2 Å². The minimum Gasteiger partial charge on any atom is -0.501 e. The monoisotopic (exact) mass is 171 g/mol. The highest BCUT2D eigenvalue weighted by Crippen LogP contribution is 2.34. The number of diazo groups is 1. The van der Waals surface area contributed by atoms with Crippen molar-refractivity contribution in [3.63, 3.8) is 0 Å². The summed E-state index contributed by atoms with van der Waals surface area (Å²) in [6.45, 7) is 0. The van der Waals surface area contributed by atoms with Gasteiger partial charge in [-0.25, -0.2) is 0 Å². The standard InChI is InChI=1S/C10H6N2O/c11-12-9-6-5-7-3-1-2-4-8(7)10(9)13/h1-6H/p+1. The van der Waals surface area contributed by atoms with Gasteiger partial charge in [-0.3, -0.25) is 0 Å². The first-order valence-electron chi connectivity index (χ1n) is 3.89. The summed E-state index contributed by atoms with van der Waals surface area (Å²) in [7, 11) is 0. The molecule has 0 atom stereocenters. The molecule has 0 radical (unpaired) electrons. The summed E-state index contributed by atoms with van der Waals surface area (Å²) in [5.41, 5.74) is 0.193. The minimum absolute atomic E-state index is 0.0144. The highest BCUT2D eigenvalue weighted by atomic mass is 16.3. The lowest BCUT2D eigenvalue weighted by Gasteiger charge is -1.95. The van der Waals surface area contributed by atoms with Crippen LogP contribution in [0.1, 0.15) is 0 Å². The number of nitrogens with zero attached hydrogens (tertiary/aromatic N) is 2. The molecule has 0 unspecified atom stereocenters. The fourth-order valence-electron chi connectivity index (χ4n) is 1.32. The predicted molar refractivity (Wildman–Crippen MR) is 50.4 cm³/mol. The SMILES string of the molecule is N#[N+]c1ccc2ccccc2c1O. The van der Waals surface area contributed by atoms with Crippen molar-refractivity contribution < 1.29 is 5.11 Å². The van der Waals surface area contributed by atoms with Crippen molar-refractivity contribution >= 4 is 16.5 Å². The van der Waals surface area contributed by atoms with E-state index in [9.17, 15) is 5.11 Å². The number of hydrogen-bond donors (Lipinski definition) is 1. The molecule has 0 aromatic heterocycles. The van der Waals surface area contributed by atoms with Crippen LogP contribution in [0.3, 0.4) is 0 Å². The highest BCUT2D eigenvalue weighted by molar-refractivity contribution is 5.93. The van der Waals surface area contributed by atoms with Crippen LogP contribution in [-0.2, 0) is 0 Å². The van der Waals surface area contributed by atoms with Gasteiger partial charge in [0.2, 0.25) is 11.1 Å². The Balaban J connectivity index is 2.89. The van der Waals surface area contributed by atoms with Crippen LogP contribution in [0.5, 0.6) is 5.75 Å². The Labute approximate surface area is 74.9 Å². The van der Waals surface area contributed by atoms with E-state index in [-0.39, 0.29) is 11.4 Å². The molecule has 0 amide bonds. The summed E-state index contributed by atoms with van der Waals surface area (Å²) in [6.07, 6.45) is 0. The molecule has 2 aromatic rings. The summed E-state index contributed by atoms with van der Waals surface area (Å²) in [5, 5.41) is 19.8. The van der Waals surface area contributed by atoms with Crippen LogP contribution < -0.4 is 0 Å². The third kappa shape index (κ3) is 1.09. The van der Waals surface area contributed by atoms with E-state index in [0.29, 0.717) is 5.39 Å². The van der Waals surface area contributed by atoms with Crippen LogP contribution in [0, 0.1) is 5.39 Å². The molecule has 0 fully saturated rings. The summed E-state index contributed by atoms with van der Waals surface area (Å²) in [6, 6.07) is 10.7. The van der Waals surface area contributed by atoms with E-state index in [4.69, 9.17) is 5.39 Å². The normalized spacial score (nSPS) is 9.77. The maximum atomic E-state index is 9.60. The van der Waals surface area contributed by atoms with Gasteiger partial charge in [0.1, 0.15) is 0 Å². The van der Waals surface area contributed by atoms with Gasteiger partial charge < -0.3 is 5.11 Å². The highest BCUT2D eigenvalue weighted by Gasteiger charge is 2.14. The molecule has 3 nitrogen and oxygen atoms in total. The second kappa shape index (κ2) is 2.76. The van der Waals surface area contributed by atoms with Crippen molar-refractivity contribution in [3.8, 4) is 5.75 Å². The summed E-state index contributed by atoms with van der Waals surface area (Å²) < 4.78 is 0. The van der Waals surface area contributed by atoms with E-state index in [0.717, 1.165) is 5.39 Å². The van der Waals surface area contributed by atoms with Gasteiger partial charge in [-0.05, 0) is 11.5 Å². The van der Waals surface area contributed by atoms with Gasteiger partial charge in [-0.1, -0.05) is 24.3 Å². The lowest BCUT2D eigenvalue weighted by Crippen LogP contribution is -1.72. The van der Waals surface area contributed by atoms with Gasteiger partial charge >= 0.3 is 5.69 Å². The average molecular weight is 171 g/mol. The Morgan fingerprint density at radius 3 is 2.62 bits per heavy atom. The number of benzene rings is 2.